The Morgan fingerprint density at radius 3 is 2.74 bits per heavy atom. The van der Waals surface area contributed by atoms with Gasteiger partial charge in [0.2, 0.25) is 0 Å². The highest BCUT2D eigenvalue weighted by Crippen LogP contribution is 2.32. The van der Waals surface area contributed by atoms with Crippen molar-refractivity contribution < 1.29 is 14.3 Å². The topological polar surface area (TPSA) is 61.4 Å². The zero-order chi connectivity index (χ0) is 16.2. The number of benzene rings is 2. The molecular weight excluding hydrogens is 295 g/mol. The van der Waals surface area contributed by atoms with Gasteiger partial charge in [0.05, 0.1) is 12.6 Å². The standard InChI is InChI=1S/C18H19FN2O2/c19-16-7-3-6-15-14(16)8-9-17(15)21-18(23)20-10-12-4-1-2-5-13(12)11-22/h1-7,17,22H,8-11H2,(H2,20,21,23). The molecule has 0 bridgehead atoms. The van der Waals surface area contributed by atoms with Crippen molar-refractivity contribution in [2.24, 2.45) is 0 Å². The third-order valence-electron chi connectivity index (χ3n) is 4.25. The first-order chi connectivity index (χ1) is 11.2. The highest BCUT2D eigenvalue weighted by molar-refractivity contribution is 5.74. The molecule has 3 rings (SSSR count). The number of carbonyl (C=O) groups is 1. The molecule has 0 aliphatic heterocycles. The molecule has 5 heteroatoms. The summed E-state index contributed by atoms with van der Waals surface area (Å²) < 4.78 is 13.7. The Hall–Kier alpha value is -2.40. The molecule has 2 amide bonds. The van der Waals surface area contributed by atoms with E-state index in [-0.39, 0.29) is 24.5 Å². The highest BCUT2D eigenvalue weighted by atomic mass is 19.1. The molecule has 0 heterocycles. The fraction of sp³-hybridized carbons (Fsp3) is 0.278. The van der Waals surface area contributed by atoms with Crippen LogP contribution in [0.5, 0.6) is 0 Å². The van der Waals surface area contributed by atoms with E-state index in [1.54, 1.807) is 6.07 Å². The number of rotatable bonds is 4. The van der Waals surface area contributed by atoms with Crippen LogP contribution in [0.15, 0.2) is 42.5 Å². The zero-order valence-corrected chi connectivity index (χ0v) is 12.7. The first-order valence-corrected chi connectivity index (χ1v) is 7.68. The minimum absolute atomic E-state index is 0.0608. The summed E-state index contributed by atoms with van der Waals surface area (Å²) in [5.74, 6) is -0.205. The number of aliphatic hydroxyl groups is 1. The van der Waals surface area contributed by atoms with Gasteiger partial charge in [-0.2, -0.15) is 0 Å². The van der Waals surface area contributed by atoms with E-state index in [4.69, 9.17) is 0 Å². The third kappa shape index (κ3) is 3.35. The Morgan fingerprint density at radius 2 is 1.96 bits per heavy atom. The van der Waals surface area contributed by atoms with Crippen LogP contribution in [-0.4, -0.2) is 11.1 Å². The van der Waals surface area contributed by atoms with Crippen LogP contribution in [0, 0.1) is 5.82 Å². The van der Waals surface area contributed by atoms with E-state index >= 15 is 0 Å². The van der Waals surface area contributed by atoms with Crippen LogP contribution in [0.4, 0.5) is 9.18 Å². The van der Waals surface area contributed by atoms with E-state index in [0.29, 0.717) is 24.9 Å². The number of carbonyl (C=O) groups excluding carboxylic acids is 1. The Bertz CT molecular complexity index is 718. The lowest BCUT2D eigenvalue weighted by atomic mass is 10.1. The molecule has 4 nitrogen and oxygen atoms in total. The lowest BCUT2D eigenvalue weighted by Crippen LogP contribution is -2.37. The first-order valence-electron chi connectivity index (χ1n) is 7.68. The quantitative estimate of drug-likeness (QED) is 0.812. The fourth-order valence-corrected chi connectivity index (χ4v) is 3.03. The maximum Gasteiger partial charge on any atom is 0.315 e. The number of urea groups is 1. The largest absolute Gasteiger partial charge is 0.392 e. The average Bonchev–Trinajstić information content (AvgIpc) is 2.97. The van der Waals surface area contributed by atoms with Crippen LogP contribution in [0.2, 0.25) is 0 Å². The predicted molar refractivity (Wildman–Crippen MR) is 85.2 cm³/mol. The van der Waals surface area contributed by atoms with Gasteiger partial charge >= 0.3 is 6.03 Å². The number of hydrogen-bond donors (Lipinski definition) is 3. The van der Waals surface area contributed by atoms with Gasteiger partial charge in [-0.1, -0.05) is 36.4 Å². The van der Waals surface area contributed by atoms with Gasteiger partial charge in [-0.15, -0.1) is 0 Å². The van der Waals surface area contributed by atoms with Crippen LogP contribution in [0.3, 0.4) is 0 Å². The Balaban J connectivity index is 1.60. The van der Waals surface area contributed by atoms with Crippen LogP contribution in [0.1, 0.15) is 34.7 Å². The second-order valence-corrected chi connectivity index (χ2v) is 5.65. The number of halogens is 1. The van der Waals surface area contributed by atoms with Gasteiger partial charge in [0.15, 0.2) is 0 Å². The van der Waals surface area contributed by atoms with Crippen molar-refractivity contribution in [2.45, 2.75) is 32.0 Å². The minimum Gasteiger partial charge on any atom is -0.392 e. The minimum atomic E-state index is -0.292. The van der Waals surface area contributed by atoms with Crippen LogP contribution < -0.4 is 10.6 Å². The van der Waals surface area contributed by atoms with Crippen LogP contribution in [-0.2, 0) is 19.6 Å². The number of amides is 2. The van der Waals surface area contributed by atoms with Crippen molar-refractivity contribution in [1.29, 1.82) is 0 Å². The molecule has 0 radical (unpaired) electrons. The van der Waals surface area contributed by atoms with Crippen molar-refractivity contribution in [3.8, 4) is 0 Å². The van der Waals surface area contributed by atoms with Crippen molar-refractivity contribution in [1.82, 2.24) is 10.6 Å². The van der Waals surface area contributed by atoms with Gasteiger partial charge in [0.25, 0.3) is 0 Å². The van der Waals surface area contributed by atoms with Gasteiger partial charge in [-0.05, 0) is 41.2 Å². The Labute approximate surface area is 134 Å². The van der Waals surface area contributed by atoms with Crippen LogP contribution in [0.25, 0.3) is 0 Å². The summed E-state index contributed by atoms with van der Waals surface area (Å²) in [4.78, 5) is 12.1. The summed E-state index contributed by atoms with van der Waals surface area (Å²) in [7, 11) is 0. The molecule has 0 aromatic heterocycles. The Morgan fingerprint density at radius 1 is 1.17 bits per heavy atom. The molecule has 2 aromatic rings. The summed E-state index contributed by atoms with van der Waals surface area (Å²) in [5.41, 5.74) is 3.23. The van der Waals surface area contributed by atoms with Gasteiger partial charge in [0, 0.05) is 6.54 Å². The van der Waals surface area contributed by atoms with E-state index < -0.39 is 0 Å². The molecule has 1 atom stereocenters. The number of hydrogen-bond acceptors (Lipinski definition) is 2. The number of fused-ring (bicyclic) bond motifs is 1. The van der Waals surface area contributed by atoms with Crippen molar-refractivity contribution >= 4 is 6.03 Å². The third-order valence-corrected chi connectivity index (χ3v) is 4.25. The van der Waals surface area contributed by atoms with Crippen molar-refractivity contribution in [3.63, 3.8) is 0 Å². The van der Waals surface area contributed by atoms with Crippen molar-refractivity contribution in [2.75, 3.05) is 0 Å². The lowest BCUT2D eigenvalue weighted by Gasteiger charge is -2.15. The summed E-state index contributed by atoms with van der Waals surface area (Å²) in [6, 6.07) is 11.9. The van der Waals surface area contributed by atoms with Gasteiger partial charge in [0.1, 0.15) is 5.82 Å². The lowest BCUT2D eigenvalue weighted by molar-refractivity contribution is 0.236. The molecule has 120 valence electrons. The molecule has 0 saturated heterocycles. The van der Waals surface area contributed by atoms with Gasteiger partial charge in [-0.25, -0.2) is 9.18 Å². The molecule has 1 unspecified atom stereocenters. The van der Waals surface area contributed by atoms with E-state index in [1.165, 1.54) is 6.07 Å². The number of aliphatic hydroxyl groups excluding tert-OH is 1. The molecule has 3 N–H and O–H groups in total. The normalized spacial score (nSPS) is 16.0. The molecule has 1 aliphatic carbocycles. The SMILES string of the molecule is O=C(NCc1ccccc1CO)NC1CCc2c(F)cccc21. The van der Waals surface area contributed by atoms with E-state index in [9.17, 15) is 14.3 Å². The van der Waals surface area contributed by atoms with Gasteiger partial charge < -0.3 is 15.7 Å². The molecule has 0 saturated carbocycles. The molecular formula is C18H19FN2O2. The predicted octanol–water partition coefficient (Wildman–Crippen LogP) is 2.80. The summed E-state index contributed by atoms with van der Waals surface area (Å²) >= 11 is 0. The number of nitrogens with one attached hydrogen (secondary N) is 2. The molecule has 0 fully saturated rings. The molecule has 23 heavy (non-hydrogen) atoms. The van der Waals surface area contributed by atoms with E-state index in [1.807, 2.05) is 30.3 Å². The second-order valence-electron chi connectivity index (χ2n) is 5.65. The monoisotopic (exact) mass is 314 g/mol. The second kappa shape index (κ2) is 6.79. The molecule has 0 spiro atoms. The highest BCUT2D eigenvalue weighted by Gasteiger charge is 2.25. The maximum absolute atomic E-state index is 13.7. The maximum atomic E-state index is 13.7. The smallest absolute Gasteiger partial charge is 0.315 e. The molecule has 2 aromatic carbocycles. The summed E-state index contributed by atoms with van der Waals surface area (Å²) in [5, 5.41) is 15.0. The van der Waals surface area contributed by atoms with Gasteiger partial charge in [-0.3, -0.25) is 0 Å². The summed E-state index contributed by atoms with van der Waals surface area (Å²) in [6.45, 7) is 0.278. The Kier molecular flexibility index (Phi) is 4.57. The van der Waals surface area contributed by atoms with E-state index in [0.717, 1.165) is 16.7 Å². The first kappa shape index (κ1) is 15.5. The molecule has 1 aliphatic rings. The fourth-order valence-electron chi connectivity index (χ4n) is 3.03. The summed E-state index contributed by atoms with van der Waals surface area (Å²) in [6.07, 6.45) is 1.34. The average molecular weight is 314 g/mol. The van der Waals surface area contributed by atoms with Crippen molar-refractivity contribution in [3.05, 3.63) is 70.5 Å². The zero-order valence-electron chi connectivity index (χ0n) is 12.7. The van der Waals surface area contributed by atoms with E-state index in [2.05, 4.69) is 10.6 Å². The van der Waals surface area contributed by atoms with Crippen LogP contribution >= 0.6 is 0 Å².